The number of fused-ring (bicyclic) bond motifs is 4. The number of hydrogen-bond donors (Lipinski definition) is 1. The van der Waals surface area contributed by atoms with Crippen LogP contribution in [0.5, 0.6) is 0 Å². The van der Waals surface area contributed by atoms with Crippen molar-refractivity contribution in [2.75, 3.05) is 4.90 Å². The molecule has 2 aliphatic rings. The van der Waals surface area contributed by atoms with E-state index in [-0.39, 0.29) is 18.0 Å². The highest BCUT2D eigenvalue weighted by Crippen LogP contribution is 2.41. The van der Waals surface area contributed by atoms with Crippen molar-refractivity contribution in [1.82, 2.24) is 9.88 Å². The highest BCUT2D eigenvalue weighted by atomic mass is 32.1. The minimum absolute atomic E-state index is 0.0440. The Bertz CT molecular complexity index is 1070. The van der Waals surface area contributed by atoms with E-state index >= 15 is 0 Å². The third-order valence-corrected chi connectivity index (χ3v) is 6.33. The maximum absolute atomic E-state index is 13.3. The first-order valence-corrected chi connectivity index (χ1v) is 9.85. The van der Waals surface area contributed by atoms with Crippen LogP contribution in [0.4, 0.5) is 5.69 Å². The molecule has 5 rings (SSSR count). The van der Waals surface area contributed by atoms with E-state index in [0.717, 1.165) is 17.6 Å². The van der Waals surface area contributed by atoms with Crippen molar-refractivity contribution in [2.24, 2.45) is 0 Å². The van der Waals surface area contributed by atoms with Crippen molar-refractivity contribution in [2.45, 2.75) is 38.8 Å². The van der Waals surface area contributed by atoms with Crippen molar-refractivity contribution in [3.8, 4) is 0 Å². The summed E-state index contributed by atoms with van der Waals surface area (Å²) in [6.07, 6.45) is 1.67. The zero-order valence-corrected chi connectivity index (χ0v) is 16.2. The molecule has 1 amide bonds. The molecule has 1 N–H and O–H groups in total. The van der Waals surface area contributed by atoms with E-state index in [9.17, 15) is 4.79 Å². The minimum atomic E-state index is -0.231. The Morgan fingerprint density at radius 3 is 2.63 bits per heavy atom. The van der Waals surface area contributed by atoms with Gasteiger partial charge in [-0.15, -0.1) is 0 Å². The first kappa shape index (κ1) is 16.5. The smallest absolute Gasteiger partial charge is 0.256 e. The van der Waals surface area contributed by atoms with Crippen LogP contribution in [0.3, 0.4) is 0 Å². The number of nitrogens with zero attached hydrogens (tertiary/aromatic N) is 2. The molecular formula is C22H21N3OS. The third-order valence-electron chi connectivity index (χ3n) is 5.94. The van der Waals surface area contributed by atoms with Crippen LogP contribution in [-0.4, -0.2) is 26.9 Å². The van der Waals surface area contributed by atoms with Gasteiger partial charge in [-0.05, 0) is 54.9 Å². The van der Waals surface area contributed by atoms with E-state index < -0.39 is 0 Å². The molecule has 3 aromatic rings. The molecule has 1 saturated heterocycles. The fraction of sp³-hybridized carbons (Fsp3) is 0.273. The van der Waals surface area contributed by atoms with Gasteiger partial charge < -0.3 is 9.88 Å². The zero-order chi connectivity index (χ0) is 18.7. The lowest BCUT2D eigenvalue weighted by Gasteiger charge is -2.34. The Hall–Kier alpha value is -2.66. The number of carbonyl (C=O) groups excluding carboxylic acids is 1. The number of nitrogens with one attached hydrogen (secondary N) is 1. The summed E-state index contributed by atoms with van der Waals surface area (Å²) in [5, 5.41) is 1.81. The molecule has 2 atom stereocenters. The van der Waals surface area contributed by atoms with Crippen LogP contribution in [0.1, 0.15) is 36.7 Å². The number of anilines is 1. The molecule has 1 aromatic heterocycles. The van der Waals surface area contributed by atoms with Gasteiger partial charge in [-0.25, -0.2) is 0 Å². The van der Waals surface area contributed by atoms with Crippen LogP contribution in [0.2, 0.25) is 0 Å². The fourth-order valence-electron chi connectivity index (χ4n) is 4.48. The number of hydrogen-bond acceptors (Lipinski definition) is 2. The molecule has 0 saturated carbocycles. The van der Waals surface area contributed by atoms with Gasteiger partial charge in [0, 0.05) is 23.0 Å². The molecule has 4 nitrogen and oxygen atoms in total. The average Bonchev–Trinajstić information content (AvgIpc) is 3.18. The number of H-pyrrole nitrogens is 1. The van der Waals surface area contributed by atoms with Crippen molar-refractivity contribution in [1.29, 1.82) is 0 Å². The second-order valence-corrected chi connectivity index (χ2v) is 7.71. The lowest BCUT2D eigenvalue weighted by Crippen LogP contribution is -2.42. The van der Waals surface area contributed by atoms with E-state index in [2.05, 4.69) is 54.1 Å². The van der Waals surface area contributed by atoms with Gasteiger partial charge in [0.25, 0.3) is 5.91 Å². The van der Waals surface area contributed by atoms with Crippen molar-refractivity contribution in [3.05, 3.63) is 65.4 Å². The standard InChI is InChI=1S/C22H21N3OS/c1-3-14-8-10-15(11-9-14)25-21(26)19-12-17-16-6-4-5-7-18(16)23-20(17)13(2)24(19)22(25)27/h4-11,13,19,23H,3,12H2,1-2H3/t13-,19+/m0/s1. The maximum Gasteiger partial charge on any atom is 0.256 e. The molecule has 5 heteroatoms. The molecular weight excluding hydrogens is 354 g/mol. The summed E-state index contributed by atoms with van der Waals surface area (Å²) in [6.45, 7) is 4.25. The van der Waals surface area contributed by atoms with Gasteiger partial charge in [-0.3, -0.25) is 9.69 Å². The van der Waals surface area contributed by atoms with Gasteiger partial charge in [-0.1, -0.05) is 37.3 Å². The van der Waals surface area contributed by atoms with Gasteiger partial charge >= 0.3 is 0 Å². The summed E-state index contributed by atoms with van der Waals surface area (Å²) < 4.78 is 0. The molecule has 3 heterocycles. The lowest BCUT2D eigenvalue weighted by molar-refractivity contribution is -0.120. The van der Waals surface area contributed by atoms with Crippen LogP contribution < -0.4 is 4.90 Å². The lowest BCUT2D eigenvalue weighted by atomic mass is 9.93. The summed E-state index contributed by atoms with van der Waals surface area (Å²) >= 11 is 5.76. The third kappa shape index (κ3) is 2.28. The zero-order valence-electron chi connectivity index (χ0n) is 15.4. The number of benzene rings is 2. The van der Waals surface area contributed by atoms with Gasteiger partial charge in [0.15, 0.2) is 5.11 Å². The van der Waals surface area contributed by atoms with Crippen LogP contribution >= 0.6 is 12.2 Å². The first-order valence-electron chi connectivity index (χ1n) is 9.44. The number of rotatable bonds is 2. The molecule has 0 unspecified atom stereocenters. The molecule has 27 heavy (non-hydrogen) atoms. The van der Waals surface area contributed by atoms with Crippen molar-refractivity contribution >= 4 is 39.8 Å². The Labute approximate surface area is 163 Å². The van der Waals surface area contributed by atoms with E-state index in [1.807, 2.05) is 18.2 Å². The van der Waals surface area contributed by atoms with Crippen molar-refractivity contribution < 1.29 is 4.79 Å². The summed E-state index contributed by atoms with van der Waals surface area (Å²) in [7, 11) is 0. The normalized spacial score (nSPS) is 21.7. The summed E-state index contributed by atoms with van der Waals surface area (Å²) in [5.74, 6) is 0.0760. The molecule has 0 bridgehead atoms. The van der Waals surface area contributed by atoms with Crippen LogP contribution in [0.15, 0.2) is 48.5 Å². The van der Waals surface area contributed by atoms with Crippen LogP contribution in [0, 0.1) is 0 Å². The second-order valence-electron chi connectivity index (χ2n) is 7.34. The Morgan fingerprint density at radius 1 is 1.15 bits per heavy atom. The number of carbonyl (C=O) groups is 1. The summed E-state index contributed by atoms with van der Waals surface area (Å²) in [5.41, 5.74) is 5.66. The van der Waals surface area contributed by atoms with E-state index in [4.69, 9.17) is 12.2 Å². The van der Waals surface area contributed by atoms with Crippen LogP contribution in [0.25, 0.3) is 10.9 Å². The van der Waals surface area contributed by atoms with Gasteiger partial charge in [0.1, 0.15) is 6.04 Å². The van der Waals surface area contributed by atoms with E-state index in [1.165, 1.54) is 22.2 Å². The SMILES string of the molecule is CCc1ccc(N2C(=O)[C@H]3Cc4c([nH]c5ccccc45)[C@H](C)N3C2=S)cc1. The highest BCUT2D eigenvalue weighted by molar-refractivity contribution is 7.80. The second kappa shape index (κ2) is 5.92. The summed E-state index contributed by atoms with van der Waals surface area (Å²) in [6, 6.07) is 16.3. The number of amides is 1. The van der Waals surface area contributed by atoms with Crippen LogP contribution in [-0.2, 0) is 17.6 Å². The van der Waals surface area contributed by atoms with Gasteiger partial charge in [0.05, 0.1) is 11.7 Å². The Morgan fingerprint density at radius 2 is 1.89 bits per heavy atom. The highest BCUT2D eigenvalue weighted by Gasteiger charge is 2.49. The average molecular weight is 375 g/mol. The molecule has 0 spiro atoms. The van der Waals surface area contributed by atoms with E-state index in [0.29, 0.717) is 11.5 Å². The molecule has 2 aromatic carbocycles. The maximum atomic E-state index is 13.3. The quantitative estimate of drug-likeness (QED) is 0.677. The summed E-state index contributed by atoms with van der Waals surface area (Å²) in [4.78, 5) is 20.7. The molecule has 2 aliphatic heterocycles. The number of aromatic amines is 1. The van der Waals surface area contributed by atoms with E-state index in [1.54, 1.807) is 4.90 Å². The molecule has 136 valence electrons. The minimum Gasteiger partial charge on any atom is -0.356 e. The van der Waals surface area contributed by atoms with Crippen molar-refractivity contribution in [3.63, 3.8) is 0 Å². The number of aromatic nitrogens is 1. The Balaban J connectivity index is 1.56. The predicted molar refractivity (Wildman–Crippen MR) is 112 cm³/mol. The predicted octanol–water partition coefficient (Wildman–Crippen LogP) is 4.35. The number of thiocarbonyl (C=S) groups is 1. The fourth-order valence-corrected chi connectivity index (χ4v) is 4.96. The van der Waals surface area contributed by atoms with Gasteiger partial charge in [-0.2, -0.15) is 0 Å². The first-order chi connectivity index (χ1) is 13.1. The van der Waals surface area contributed by atoms with Gasteiger partial charge in [0.2, 0.25) is 0 Å². The largest absolute Gasteiger partial charge is 0.356 e. The number of aryl methyl sites for hydroxylation is 1. The molecule has 0 aliphatic carbocycles. The Kier molecular flexibility index (Phi) is 3.62. The molecule has 1 fully saturated rings. The topological polar surface area (TPSA) is 39.3 Å². The number of para-hydroxylation sites is 1. The molecule has 0 radical (unpaired) electrons. The monoisotopic (exact) mass is 375 g/mol.